The maximum absolute atomic E-state index is 13.0. The molecule has 2 aromatic carbocycles. The van der Waals surface area contributed by atoms with E-state index in [2.05, 4.69) is 4.98 Å². The highest BCUT2D eigenvalue weighted by molar-refractivity contribution is 6.18. The van der Waals surface area contributed by atoms with Crippen molar-refractivity contribution in [2.75, 3.05) is 0 Å². The monoisotopic (exact) mass is 358 g/mol. The predicted octanol–water partition coefficient (Wildman–Crippen LogP) is 4.63. The number of allylic oxidation sites excluding steroid dienone is 1. The Morgan fingerprint density at radius 1 is 1.11 bits per heavy atom. The highest BCUT2D eigenvalue weighted by Crippen LogP contribution is 2.37. The fraction of sp³-hybridized carbons (Fsp3) is 0.136. The molecule has 1 aliphatic carbocycles. The third-order valence-corrected chi connectivity index (χ3v) is 4.79. The fourth-order valence-electron chi connectivity index (χ4n) is 3.40. The van der Waals surface area contributed by atoms with Crippen molar-refractivity contribution in [1.29, 1.82) is 0 Å². The highest BCUT2D eigenvalue weighted by atomic mass is 16.6. The van der Waals surface area contributed by atoms with Crippen LogP contribution in [0.4, 0.5) is 4.79 Å². The Morgan fingerprint density at radius 2 is 1.85 bits per heavy atom. The Labute approximate surface area is 156 Å². The molecule has 0 spiro atoms. The van der Waals surface area contributed by atoms with E-state index in [9.17, 15) is 9.59 Å². The lowest BCUT2D eigenvalue weighted by Gasteiger charge is -2.23. The lowest BCUT2D eigenvalue weighted by atomic mass is 9.80. The van der Waals surface area contributed by atoms with Gasteiger partial charge in [-0.15, -0.1) is 0 Å². The van der Waals surface area contributed by atoms with Gasteiger partial charge in [0.2, 0.25) is 0 Å². The van der Waals surface area contributed by atoms with E-state index in [1.54, 1.807) is 6.92 Å². The maximum Gasteiger partial charge on any atom is 0.419 e. The van der Waals surface area contributed by atoms with Gasteiger partial charge in [-0.2, -0.15) is 0 Å². The average Bonchev–Trinajstić information content (AvgIpc) is 3.23. The largest absolute Gasteiger partial charge is 0.441 e. The van der Waals surface area contributed by atoms with Crippen LogP contribution in [0, 0.1) is 0 Å². The number of carbonyl (C=O) groups is 2. The number of hydrogen-bond acceptors (Lipinski definition) is 4. The molecule has 5 nitrogen and oxygen atoms in total. The van der Waals surface area contributed by atoms with Crippen molar-refractivity contribution in [3.8, 4) is 0 Å². The van der Waals surface area contributed by atoms with E-state index >= 15 is 0 Å². The van der Waals surface area contributed by atoms with Crippen molar-refractivity contribution in [2.24, 2.45) is 0 Å². The summed E-state index contributed by atoms with van der Waals surface area (Å²) in [5.41, 5.74) is 4.98. The van der Waals surface area contributed by atoms with Crippen LogP contribution in [0.3, 0.4) is 0 Å². The maximum atomic E-state index is 13.0. The number of aromatic nitrogens is 2. The molecular weight excluding hydrogens is 340 g/mol. The summed E-state index contributed by atoms with van der Waals surface area (Å²) < 4.78 is 6.76. The zero-order chi connectivity index (χ0) is 19.0. The predicted molar refractivity (Wildman–Crippen MR) is 102 cm³/mol. The van der Waals surface area contributed by atoms with E-state index in [1.807, 2.05) is 55.5 Å². The summed E-state index contributed by atoms with van der Waals surface area (Å²) in [5, 5.41) is 0. The van der Waals surface area contributed by atoms with Crippen LogP contribution in [0.1, 0.15) is 52.6 Å². The second-order valence-electron chi connectivity index (χ2n) is 6.38. The van der Waals surface area contributed by atoms with Crippen LogP contribution in [0.15, 0.2) is 67.3 Å². The molecular formula is C22H18N2O3. The number of benzene rings is 2. The SMILES string of the molecule is C/C=C1\c2ccccc2C(=O)c2cc(C(C)OC(=O)n3ccnc3)ccc21. The van der Waals surface area contributed by atoms with Crippen LogP contribution >= 0.6 is 0 Å². The van der Waals surface area contributed by atoms with Gasteiger partial charge in [-0.05, 0) is 42.2 Å². The molecule has 1 unspecified atom stereocenters. The third-order valence-electron chi connectivity index (χ3n) is 4.79. The molecule has 1 heterocycles. The number of hydrogen-bond donors (Lipinski definition) is 0. The fourth-order valence-corrected chi connectivity index (χ4v) is 3.40. The summed E-state index contributed by atoms with van der Waals surface area (Å²) >= 11 is 0. The Balaban J connectivity index is 1.69. The minimum absolute atomic E-state index is 0.0128. The minimum atomic E-state index is -0.511. The molecule has 0 radical (unpaired) electrons. The van der Waals surface area contributed by atoms with Gasteiger partial charge in [-0.25, -0.2) is 14.3 Å². The Bertz CT molecular complexity index is 1060. The van der Waals surface area contributed by atoms with Gasteiger partial charge < -0.3 is 4.74 Å². The molecule has 0 amide bonds. The van der Waals surface area contributed by atoms with Gasteiger partial charge in [0.15, 0.2) is 5.78 Å². The summed E-state index contributed by atoms with van der Waals surface area (Å²) in [7, 11) is 0. The summed E-state index contributed by atoms with van der Waals surface area (Å²) in [6.07, 6.45) is 5.44. The molecule has 1 atom stereocenters. The van der Waals surface area contributed by atoms with E-state index in [4.69, 9.17) is 4.74 Å². The number of fused-ring (bicyclic) bond motifs is 2. The van der Waals surface area contributed by atoms with E-state index in [0.717, 1.165) is 22.3 Å². The van der Waals surface area contributed by atoms with Gasteiger partial charge in [-0.3, -0.25) is 4.79 Å². The molecule has 0 saturated carbocycles. The second-order valence-corrected chi connectivity index (χ2v) is 6.38. The zero-order valence-corrected chi connectivity index (χ0v) is 15.0. The lowest BCUT2D eigenvalue weighted by Crippen LogP contribution is -2.17. The van der Waals surface area contributed by atoms with Gasteiger partial charge in [0.1, 0.15) is 12.4 Å². The van der Waals surface area contributed by atoms with Crippen LogP contribution in [-0.2, 0) is 4.74 Å². The summed E-state index contributed by atoms with van der Waals surface area (Å²) in [5.74, 6) is -0.0128. The van der Waals surface area contributed by atoms with Gasteiger partial charge in [0.05, 0.1) is 0 Å². The van der Waals surface area contributed by atoms with Crippen molar-refractivity contribution < 1.29 is 14.3 Å². The van der Waals surface area contributed by atoms with E-state index < -0.39 is 12.2 Å². The molecule has 1 aromatic heterocycles. The van der Waals surface area contributed by atoms with Crippen molar-refractivity contribution in [2.45, 2.75) is 20.0 Å². The van der Waals surface area contributed by atoms with Crippen molar-refractivity contribution >= 4 is 17.4 Å². The Hall–Kier alpha value is -3.47. The molecule has 0 aliphatic heterocycles. The number of imidazole rings is 1. The molecule has 134 valence electrons. The number of nitrogens with zero attached hydrogens (tertiary/aromatic N) is 2. The molecule has 5 heteroatoms. The molecule has 0 saturated heterocycles. The van der Waals surface area contributed by atoms with E-state index in [0.29, 0.717) is 11.1 Å². The smallest absolute Gasteiger partial charge is 0.419 e. The first kappa shape index (κ1) is 17.0. The average molecular weight is 358 g/mol. The van der Waals surface area contributed by atoms with Crippen molar-refractivity contribution in [1.82, 2.24) is 9.55 Å². The molecule has 3 aromatic rings. The number of ether oxygens (including phenoxy) is 1. The minimum Gasteiger partial charge on any atom is -0.441 e. The summed E-state index contributed by atoms with van der Waals surface area (Å²) in [6.45, 7) is 3.75. The third kappa shape index (κ3) is 2.87. The standard InChI is InChI=1S/C22H18N2O3/c1-3-16-17-6-4-5-7-19(17)21(25)20-12-15(8-9-18(16)20)14(2)27-22(26)24-11-10-23-13-24/h3-14H,1-2H3/b16-3+. The number of carbonyl (C=O) groups excluding carboxylic acids is 2. The van der Waals surface area contributed by atoms with Crippen LogP contribution in [0.25, 0.3) is 5.57 Å². The molecule has 0 bridgehead atoms. The normalized spacial score (nSPS) is 15.2. The first-order valence-electron chi connectivity index (χ1n) is 8.74. The molecule has 1 aliphatic rings. The van der Waals surface area contributed by atoms with Crippen molar-refractivity contribution in [3.05, 3.63) is 95.1 Å². The Morgan fingerprint density at radius 3 is 2.56 bits per heavy atom. The lowest BCUT2D eigenvalue weighted by molar-refractivity contribution is 0.103. The Kier molecular flexibility index (Phi) is 4.20. The van der Waals surface area contributed by atoms with Gasteiger partial charge in [0, 0.05) is 23.5 Å². The highest BCUT2D eigenvalue weighted by Gasteiger charge is 2.27. The second kappa shape index (κ2) is 6.68. The van der Waals surface area contributed by atoms with Gasteiger partial charge >= 0.3 is 6.09 Å². The zero-order valence-electron chi connectivity index (χ0n) is 15.0. The first-order chi connectivity index (χ1) is 13.1. The quantitative estimate of drug-likeness (QED) is 0.524. The molecule has 0 fully saturated rings. The van der Waals surface area contributed by atoms with Crippen LogP contribution in [-0.4, -0.2) is 21.4 Å². The summed E-state index contributed by atoms with van der Waals surface area (Å²) in [4.78, 5) is 29.0. The van der Waals surface area contributed by atoms with Gasteiger partial charge in [-0.1, -0.05) is 42.5 Å². The van der Waals surface area contributed by atoms with E-state index in [-0.39, 0.29) is 5.78 Å². The topological polar surface area (TPSA) is 61.2 Å². The number of rotatable bonds is 2. The molecule has 4 rings (SSSR count). The van der Waals surface area contributed by atoms with Crippen LogP contribution in [0.2, 0.25) is 0 Å². The van der Waals surface area contributed by atoms with E-state index in [1.165, 1.54) is 23.3 Å². The van der Waals surface area contributed by atoms with Crippen molar-refractivity contribution in [3.63, 3.8) is 0 Å². The van der Waals surface area contributed by atoms with Crippen LogP contribution in [0.5, 0.6) is 0 Å². The van der Waals surface area contributed by atoms with Crippen LogP contribution < -0.4 is 0 Å². The molecule has 27 heavy (non-hydrogen) atoms. The summed E-state index contributed by atoms with van der Waals surface area (Å²) in [6, 6.07) is 13.3. The number of ketones is 1. The van der Waals surface area contributed by atoms with Gasteiger partial charge in [0.25, 0.3) is 0 Å². The first-order valence-corrected chi connectivity index (χ1v) is 8.74. The molecule has 0 N–H and O–H groups in total.